The molecule has 0 aliphatic rings. The van der Waals surface area contributed by atoms with Crippen molar-refractivity contribution in [3.8, 4) is 11.5 Å². The number of aromatic hydroxyl groups is 1. The highest BCUT2D eigenvalue weighted by atomic mass is 35.5. The first-order chi connectivity index (χ1) is 7.02. The van der Waals surface area contributed by atoms with Gasteiger partial charge in [-0.15, -0.1) is 0 Å². The Balaban J connectivity index is 3.40. The number of carbonyl (C=O) groups excluding carboxylic acids is 1. The number of hydrogen-bond donors (Lipinski definition) is 2. The van der Waals surface area contributed by atoms with Crippen LogP contribution in [0.3, 0.4) is 0 Å². The van der Waals surface area contributed by atoms with Crippen LogP contribution in [0.2, 0.25) is 5.02 Å². The van der Waals surface area contributed by atoms with E-state index in [2.05, 4.69) is 4.74 Å². The fourth-order valence-electron chi connectivity index (χ4n) is 1.10. The van der Waals surface area contributed by atoms with Gasteiger partial charge in [-0.25, -0.2) is 4.39 Å². The molecule has 0 aliphatic carbocycles. The number of benzene rings is 1. The third kappa shape index (κ3) is 2.03. The van der Waals surface area contributed by atoms with Gasteiger partial charge in [-0.2, -0.15) is 0 Å². The highest BCUT2D eigenvalue weighted by Crippen LogP contribution is 2.38. The summed E-state index contributed by atoms with van der Waals surface area (Å²) in [5, 5.41) is 9.14. The van der Waals surface area contributed by atoms with Crippen LogP contribution < -0.4 is 10.5 Å². The van der Waals surface area contributed by atoms with E-state index in [4.69, 9.17) is 17.3 Å². The molecule has 0 saturated heterocycles. The molecule has 0 heterocycles. The van der Waals surface area contributed by atoms with Gasteiger partial charge < -0.3 is 15.6 Å². The van der Waals surface area contributed by atoms with Crippen LogP contribution >= 0.6 is 11.6 Å². The van der Waals surface area contributed by atoms with Crippen LogP contribution in [0.25, 0.3) is 0 Å². The summed E-state index contributed by atoms with van der Waals surface area (Å²) in [6.45, 7) is -0.338. The molecule has 0 spiro atoms. The molecule has 0 saturated carbocycles. The van der Waals surface area contributed by atoms with Gasteiger partial charge >= 0.3 is 0 Å². The highest BCUT2D eigenvalue weighted by Gasteiger charge is 2.20. The molecule has 1 aromatic rings. The Labute approximate surface area is 90.4 Å². The minimum absolute atomic E-state index is 0.249. The number of ketones is 1. The molecule has 0 unspecified atom stereocenters. The van der Waals surface area contributed by atoms with Crippen molar-refractivity contribution in [1.82, 2.24) is 0 Å². The Kier molecular flexibility index (Phi) is 3.49. The van der Waals surface area contributed by atoms with Crippen LogP contribution in [0, 0.1) is 5.82 Å². The summed E-state index contributed by atoms with van der Waals surface area (Å²) in [5.74, 6) is -2.25. The Morgan fingerprint density at radius 3 is 2.80 bits per heavy atom. The van der Waals surface area contributed by atoms with Gasteiger partial charge in [-0.05, 0) is 6.07 Å². The lowest BCUT2D eigenvalue weighted by atomic mass is 10.1. The highest BCUT2D eigenvalue weighted by molar-refractivity contribution is 6.34. The summed E-state index contributed by atoms with van der Waals surface area (Å²) in [7, 11) is 1.20. The number of methoxy groups -OCH3 is 1. The zero-order valence-corrected chi connectivity index (χ0v) is 8.64. The number of phenols is 1. The number of nitrogens with two attached hydrogens (primary N) is 1. The normalized spacial score (nSPS) is 10.1. The van der Waals surface area contributed by atoms with Gasteiger partial charge in [0.2, 0.25) is 0 Å². The minimum Gasteiger partial charge on any atom is -0.505 e. The number of phenolic OH excluding ortho intramolecular Hbond substituents is 1. The fourth-order valence-corrected chi connectivity index (χ4v) is 1.37. The summed E-state index contributed by atoms with van der Waals surface area (Å²) in [4.78, 5) is 11.2. The number of halogens is 2. The van der Waals surface area contributed by atoms with Gasteiger partial charge in [0.25, 0.3) is 0 Å². The van der Waals surface area contributed by atoms with Crippen molar-refractivity contribution < 1.29 is 19.0 Å². The lowest BCUT2D eigenvalue weighted by Crippen LogP contribution is -2.14. The van der Waals surface area contributed by atoms with Crippen molar-refractivity contribution in [2.45, 2.75) is 0 Å². The Morgan fingerprint density at radius 2 is 2.33 bits per heavy atom. The second-order valence-electron chi connectivity index (χ2n) is 2.73. The van der Waals surface area contributed by atoms with E-state index in [0.717, 1.165) is 6.07 Å². The van der Waals surface area contributed by atoms with E-state index in [9.17, 15) is 14.3 Å². The van der Waals surface area contributed by atoms with Crippen LogP contribution in [-0.2, 0) is 0 Å². The van der Waals surface area contributed by atoms with Gasteiger partial charge in [-0.3, -0.25) is 4.79 Å². The average Bonchev–Trinajstić information content (AvgIpc) is 2.23. The van der Waals surface area contributed by atoms with Gasteiger partial charge in [0.1, 0.15) is 10.8 Å². The van der Waals surface area contributed by atoms with E-state index in [1.807, 2.05) is 0 Å². The van der Waals surface area contributed by atoms with Crippen LogP contribution in [0.15, 0.2) is 6.07 Å². The van der Waals surface area contributed by atoms with Crippen molar-refractivity contribution in [3.05, 3.63) is 22.5 Å². The van der Waals surface area contributed by atoms with E-state index in [-0.39, 0.29) is 22.9 Å². The van der Waals surface area contributed by atoms with E-state index in [1.54, 1.807) is 0 Å². The quantitative estimate of drug-likeness (QED) is 0.773. The summed E-state index contributed by atoms with van der Waals surface area (Å²) >= 11 is 5.60. The molecule has 0 bridgehead atoms. The molecule has 15 heavy (non-hydrogen) atoms. The molecule has 0 aromatic heterocycles. The topological polar surface area (TPSA) is 72.5 Å². The van der Waals surface area contributed by atoms with Gasteiger partial charge in [0, 0.05) is 0 Å². The largest absolute Gasteiger partial charge is 0.505 e. The third-order valence-electron chi connectivity index (χ3n) is 1.84. The molecule has 82 valence electrons. The van der Waals surface area contributed by atoms with Gasteiger partial charge in [0.15, 0.2) is 17.3 Å². The third-order valence-corrected chi connectivity index (χ3v) is 2.19. The smallest absolute Gasteiger partial charge is 0.180 e. The van der Waals surface area contributed by atoms with Crippen molar-refractivity contribution in [2.75, 3.05) is 13.7 Å². The van der Waals surface area contributed by atoms with Gasteiger partial charge in [-0.1, -0.05) is 11.6 Å². The van der Waals surface area contributed by atoms with Crippen molar-refractivity contribution in [1.29, 1.82) is 0 Å². The van der Waals surface area contributed by atoms with Crippen molar-refractivity contribution >= 4 is 17.4 Å². The molecule has 0 atom stereocenters. The predicted octanol–water partition coefficient (Wildman–Crippen LogP) is 1.33. The minimum atomic E-state index is -0.822. The summed E-state index contributed by atoms with van der Waals surface area (Å²) in [6.07, 6.45) is 0. The number of hydrogen-bond acceptors (Lipinski definition) is 4. The second-order valence-corrected chi connectivity index (χ2v) is 3.11. The standard InChI is InChI=1S/C9H9ClFNO3/c1-15-9-5(11)2-4(6(13)3-12)8(14)7(9)10/h2,14H,3,12H2,1H3. The molecule has 4 nitrogen and oxygen atoms in total. The number of Topliss-reactive ketones (excluding diaryl/α,β-unsaturated/α-hetero) is 1. The summed E-state index contributed by atoms with van der Waals surface area (Å²) < 4.78 is 17.9. The monoisotopic (exact) mass is 233 g/mol. The molecule has 6 heteroatoms. The summed E-state index contributed by atoms with van der Waals surface area (Å²) in [5.41, 5.74) is 4.84. The second kappa shape index (κ2) is 4.46. The van der Waals surface area contributed by atoms with Crippen LogP contribution in [0.4, 0.5) is 4.39 Å². The van der Waals surface area contributed by atoms with Crippen molar-refractivity contribution in [3.63, 3.8) is 0 Å². The Morgan fingerprint density at radius 1 is 1.73 bits per heavy atom. The summed E-state index contributed by atoms with van der Waals surface area (Å²) in [6, 6.07) is 0.842. The number of carbonyl (C=O) groups is 1. The predicted molar refractivity (Wildman–Crippen MR) is 53.0 cm³/mol. The number of ether oxygens (including phenoxy) is 1. The molecular weight excluding hydrogens is 225 g/mol. The zero-order valence-electron chi connectivity index (χ0n) is 7.88. The van der Waals surface area contributed by atoms with Crippen LogP contribution in [-0.4, -0.2) is 24.5 Å². The molecular formula is C9H9ClFNO3. The lowest BCUT2D eigenvalue weighted by Gasteiger charge is -2.09. The lowest BCUT2D eigenvalue weighted by molar-refractivity contribution is 0.0998. The van der Waals surface area contributed by atoms with Crippen molar-refractivity contribution in [2.24, 2.45) is 5.73 Å². The van der Waals surface area contributed by atoms with E-state index < -0.39 is 17.3 Å². The molecule has 1 rings (SSSR count). The fraction of sp³-hybridized carbons (Fsp3) is 0.222. The first-order valence-corrected chi connectivity index (χ1v) is 4.39. The average molecular weight is 234 g/mol. The molecule has 0 radical (unpaired) electrons. The van der Waals surface area contributed by atoms with Gasteiger partial charge in [0.05, 0.1) is 19.2 Å². The maximum Gasteiger partial charge on any atom is 0.180 e. The first kappa shape index (κ1) is 11.7. The molecule has 3 N–H and O–H groups in total. The molecule has 0 aliphatic heterocycles. The van der Waals surface area contributed by atoms with E-state index in [1.165, 1.54) is 7.11 Å². The number of rotatable bonds is 3. The van der Waals surface area contributed by atoms with Crippen LogP contribution in [0.5, 0.6) is 11.5 Å². The zero-order chi connectivity index (χ0) is 11.6. The first-order valence-electron chi connectivity index (χ1n) is 4.01. The maximum atomic E-state index is 13.3. The SMILES string of the molecule is COc1c(F)cc(C(=O)CN)c(O)c1Cl. The van der Waals surface area contributed by atoms with Crippen LogP contribution in [0.1, 0.15) is 10.4 Å². The molecule has 1 aromatic carbocycles. The molecule has 0 fully saturated rings. The van der Waals surface area contributed by atoms with E-state index in [0.29, 0.717) is 0 Å². The Bertz CT molecular complexity index is 409. The Hall–Kier alpha value is -1.33. The maximum absolute atomic E-state index is 13.3. The molecule has 0 amide bonds. The van der Waals surface area contributed by atoms with E-state index >= 15 is 0 Å².